The van der Waals surface area contributed by atoms with Crippen molar-refractivity contribution in [2.24, 2.45) is 0 Å². The molecule has 0 saturated heterocycles. The number of aromatic nitrogens is 2. The number of hydrogen-bond acceptors (Lipinski definition) is 3. The van der Waals surface area contributed by atoms with Crippen LogP contribution in [0.3, 0.4) is 0 Å². The van der Waals surface area contributed by atoms with E-state index in [0.29, 0.717) is 0 Å². The molecule has 0 amide bonds. The van der Waals surface area contributed by atoms with Gasteiger partial charge in [0.2, 0.25) is 0 Å². The van der Waals surface area contributed by atoms with Gasteiger partial charge in [-0.15, -0.1) is 0 Å². The SMILES string of the molecule is CCc1cc(C)nc(CNC2CC2)n1. The fourth-order valence-corrected chi connectivity index (χ4v) is 1.48. The first-order valence-corrected chi connectivity index (χ1v) is 5.34. The van der Waals surface area contributed by atoms with Crippen molar-refractivity contribution < 1.29 is 0 Å². The van der Waals surface area contributed by atoms with Gasteiger partial charge in [0, 0.05) is 17.4 Å². The fourth-order valence-electron chi connectivity index (χ4n) is 1.48. The fraction of sp³-hybridized carbons (Fsp3) is 0.636. The van der Waals surface area contributed by atoms with Crippen molar-refractivity contribution in [3.05, 3.63) is 23.3 Å². The van der Waals surface area contributed by atoms with E-state index in [0.717, 1.165) is 36.2 Å². The third-order valence-electron chi connectivity index (χ3n) is 2.44. The molecule has 1 N–H and O–H groups in total. The zero-order valence-corrected chi connectivity index (χ0v) is 8.88. The molecule has 1 fully saturated rings. The van der Waals surface area contributed by atoms with Crippen LogP contribution in [-0.4, -0.2) is 16.0 Å². The molecule has 2 rings (SSSR count). The first-order valence-electron chi connectivity index (χ1n) is 5.34. The Morgan fingerprint density at radius 1 is 1.43 bits per heavy atom. The lowest BCUT2D eigenvalue weighted by molar-refractivity contribution is 0.651. The lowest BCUT2D eigenvalue weighted by atomic mass is 10.3. The molecule has 76 valence electrons. The van der Waals surface area contributed by atoms with Crippen molar-refractivity contribution in [3.63, 3.8) is 0 Å². The molecule has 0 aliphatic heterocycles. The first kappa shape index (κ1) is 9.59. The van der Waals surface area contributed by atoms with Gasteiger partial charge in [0.05, 0.1) is 6.54 Å². The van der Waals surface area contributed by atoms with Gasteiger partial charge >= 0.3 is 0 Å². The molecule has 0 radical (unpaired) electrons. The van der Waals surface area contributed by atoms with Crippen LogP contribution in [0.25, 0.3) is 0 Å². The van der Waals surface area contributed by atoms with Crippen molar-refractivity contribution >= 4 is 0 Å². The van der Waals surface area contributed by atoms with Crippen molar-refractivity contribution in [1.29, 1.82) is 0 Å². The van der Waals surface area contributed by atoms with E-state index >= 15 is 0 Å². The summed E-state index contributed by atoms with van der Waals surface area (Å²) in [6.07, 6.45) is 3.61. The second kappa shape index (κ2) is 4.05. The van der Waals surface area contributed by atoms with Crippen LogP contribution >= 0.6 is 0 Å². The van der Waals surface area contributed by atoms with Crippen molar-refractivity contribution in [2.75, 3.05) is 0 Å². The van der Waals surface area contributed by atoms with E-state index in [9.17, 15) is 0 Å². The van der Waals surface area contributed by atoms with Crippen LogP contribution in [0.15, 0.2) is 6.07 Å². The molecule has 0 unspecified atom stereocenters. The highest BCUT2D eigenvalue weighted by Crippen LogP contribution is 2.18. The van der Waals surface area contributed by atoms with Crippen LogP contribution in [0, 0.1) is 6.92 Å². The minimum absolute atomic E-state index is 0.726. The molecule has 14 heavy (non-hydrogen) atoms. The zero-order chi connectivity index (χ0) is 9.97. The summed E-state index contributed by atoms with van der Waals surface area (Å²) in [6, 6.07) is 2.78. The minimum atomic E-state index is 0.726. The first-order chi connectivity index (χ1) is 6.78. The van der Waals surface area contributed by atoms with Gasteiger partial charge in [0.15, 0.2) is 0 Å². The highest BCUT2D eigenvalue weighted by molar-refractivity contribution is 5.10. The van der Waals surface area contributed by atoms with Crippen molar-refractivity contribution in [1.82, 2.24) is 15.3 Å². The van der Waals surface area contributed by atoms with Crippen molar-refractivity contribution in [3.8, 4) is 0 Å². The standard InChI is InChI=1S/C11H17N3/c1-3-9-6-8(2)13-11(14-9)7-12-10-4-5-10/h6,10,12H,3-5,7H2,1-2H3. The summed E-state index contributed by atoms with van der Waals surface area (Å²) in [5, 5.41) is 3.43. The predicted octanol–water partition coefficient (Wildman–Crippen LogP) is 1.60. The normalized spacial score (nSPS) is 15.9. The average molecular weight is 191 g/mol. The van der Waals surface area contributed by atoms with Gasteiger partial charge in [-0.2, -0.15) is 0 Å². The van der Waals surface area contributed by atoms with Gasteiger partial charge in [-0.25, -0.2) is 9.97 Å². The Kier molecular flexibility index (Phi) is 2.77. The summed E-state index contributed by atoms with van der Waals surface area (Å²) in [7, 11) is 0. The molecule has 1 aliphatic carbocycles. The minimum Gasteiger partial charge on any atom is -0.307 e. The number of aryl methyl sites for hydroxylation is 2. The van der Waals surface area contributed by atoms with Gasteiger partial charge in [0.25, 0.3) is 0 Å². The summed E-state index contributed by atoms with van der Waals surface area (Å²) in [5.41, 5.74) is 2.22. The third-order valence-corrected chi connectivity index (χ3v) is 2.44. The quantitative estimate of drug-likeness (QED) is 0.785. The zero-order valence-electron chi connectivity index (χ0n) is 8.88. The maximum Gasteiger partial charge on any atom is 0.142 e. The summed E-state index contributed by atoms with van der Waals surface area (Å²) < 4.78 is 0. The second-order valence-corrected chi connectivity index (χ2v) is 3.93. The summed E-state index contributed by atoms with van der Waals surface area (Å²) >= 11 is 0. The Bertz CT molecular complexity index is 318. The molecule has 0 spiro atoms. The van der Waals surface area contributed by atoms with Gasteiger partial charge in [0.1, 0.15) is 5.82 Å². The molecule has 3 nitrogen and oxygen atoms in total. The van der Waals surface area contributed by atoms with Gasteiger partial charge < -0.3 is 5.32 Å². The van der Waals surface area contributed by atoms with E-state index in [4.69, 9.17) is 0 Å². The smallest absolute Gasteiger partial charge is 0.142 e. The summed E-state index contributed by atoms with van der Waals surface area (Å²) in [6.45, 7) is 4.97. The van der Waals surface area contributed by atoms with E-state index in [1.165, 1.54) is 12.8 Å². The van der Waals surface area contributed by atoms with Crippen LogP contribution < -0.4 is 5.32 Å². The van der Waals surface area contributed by atoms with E-state index in [-0.39, 0.29) is 0 Å². The van der Waals surface area contributed by atoms with Crippen LogP contribution in [0.2, 0.25) is 0 Å². The Morgan fingerprint density at radius 2 is 2.21 bits per heavy atom. The molecule has 1 aromatic rings. The molecule has 3 heteroatoms. The monoisotopic (exact) mass is 191 g/mol. The van der Waals surface area contributed by atoms with Gasteiger partial charge in [-0.05, 0) is 32.3 Å². The van der Waals surface area contributed by atoms with Crippen molar-refractivity contribution in [2.45, 2.75) is 45.7 Å². The van der Waals surface area contributed by atoms with E-state index in [1.54, 1.807) is 0 Å². The van der Waals surface area contributed by atoms with Crippen LogP contribution in [-0.2, 0) is 13.0 Å². The maximum absolute atomic E-state index is 4.48. The van der Waals surface area contributed by atoms with Gasteiger partial charge in [-0.1, -0.05) is 6.92 Å². The average Bonchev–Trinajstić information content (AvgIpc) is 2.97. The molecule has 1 heterocycles. The number of nitrogens with one attached hydrogen (secondary N) is 1. The van der Waals surface area contributed by atoms with Crippen LogP contribution in [0.1, 0.15) is 37.0 Å². The molecule has 0 bridgehead atoms. The molecular weight excluding hydrogens is 174 g/mol. The van der Waals surface area contributed by atoms with Crippen LogP contribution in [0.5, 0.6) is 0 Å². The molecular formula is C11H17N3. The lowest BCUT2D eigenvalue weighted by Gasteiger charge is -2.05. The van der Waals surface area contributed by atoms with Gasteiger partial charge in [-0.3, -0.25) is 0 Å². The summed E-state index contributed by atoms with van der Waals surface area (Å²) in [4.78, 5) is 8.89. The Morgan fingerprint density at radius 3 is 2.86 bits per heavy atom. The third kappa shape index (κ3) is 2.51. The lowest BCUT2D eigenvalue weighted by Crippen LogP contribution is -2.18. The Labute approximate surface area is 85.0 Å². The largest absolute Gasteiger partial charge is 0.307 e. The van der Waals surface area contributed by atoms with Crippen LogP contribution in [0.4, 0.5) is 0 Å². The summed E-state index contributed by atoms with van der Waals surface area (Å²) in [5.74, 6) is 0.939. The van der Waals surface area contributed by atoms with E-state index < -0.39 is 0 Å². The number of nitrogens with zero attached hydrogens (tertiary/aromatic N) is 2. The van der Waals surface area contributed by atoms with E-state index in [1.807, 2.05) is 6.92 Å². The predicted molar refractivity (Wildman–Crippen MR) is 56.0 cm³/mol. The molecule has 0 atom stereocenters. The highest BCUT2D eigenvalue weighted by Gasteiger charge is 2.20. The Balaban J connectivity index is 2.03. The second-order valence-electron chi connectivity index (χ2n) is 3.93. The number of rotatable bonds is 4. The van der Waals surface area contributed by atoms with E-state index in [2.05, 4.69) is 28.3 Å². The number of hydrogen-bond donors (Lipinski definition) is 1. The molecule has 1 saturated carbocycles. The molecule has 0 aromatic carbocycles. The molecule has 1 aliphatic rings. The highest BCUT2D eigenvalue weighted by atomic mass is 15.0. The topological polar surface area (TPSA) is 37.8 Å². The Hall–Kier alpha value is -0.960. The maximum atomic E-state index is 4.48. The molecule has 1 aromatic heterocycles.